The lowest BCUT2D eigenvalue weighted by molar-refractivity contribution is 0.0592. The number of pyridine rings is 2. The van der Waals surface area contributed by atoms with Gasteiger partial charge >= 0.3 is 11.9 Å². The second kappa shape index (κ2) is 10.8. The lowest BCUT2D eigenvalue weighted by atomic mass is 10.1. The van der Waals surface area contributed by atoms with E-state index < -0.39 is 5.97 Å². The van der Waals surface area contributed by atoms with E-state index in [1.807, 2.05) is 0 Å². The van der Waals surface area contributed by atoms with Crippen molar-refractivity contribution in [3.8, 4) is 0 Å². The minimum atomic E-state index is -0.440. The zero-order valence-electron chi connectivity index (χ0n) is 15.9. The van der Waals surface area contributed by atoms with Gasteiger partial charge in [-0.05, 0) is 25.0 Å². The average Bonchev–Trinajstić information content (AvgIpc) is 2.74. The van der Waals surface area contributed by atoms with Crippen LogP contribution in [0.15, 0.2) is 36.9 Å². The molecule has 1 aliphatic rings. The SMILES string of the molecule is COC(=O)c1ccncc1N.COC(=O)c1ccncc1NC1CCOCC1. The van der Waals surface area contributed by atoms with Gasteiger partial charge in [-0.3, -0.25) is 9.97 Å². The highest BCUT2D eigenvalue weighted by atomic mass is 16.5. The van der Waals surface area contributed by atoms with Crippen molar-refractivity contribution in [2.75, 3.05) is 38.5 Å². The molecule has 3 rings (SSSR count). The van der Waals surface area contributed by atoms with Crippen LogP contribution in [0.3, 0.4) is 0 Å². The summed E-state index contributed by atoms with van der Waals surface area (Å²) in [5.41, 5.74) is 7.37. The maximum Gasteiger partial charge on any atom is 0.340 e. The summed E-state index contributed by atoms with van der Waals surface area (Å²) in [6, 6.07) is 3.51. The Balaban J connectivity index is 0.000000221. The Morgan fingerprint density at radius 3 is 2.21 bits per heavy atom. The van der Waals surface area contributed by atoms with Crippen LogP contribution < -0.4 is 11.1 Å². The summed E-state index contributed by atoms with van der Waals surface area (Å²) in [4.78, 5) is 30.2. The maximum absolute atomic E-state index is 11.6. The van der Waals surface area contributed by atoms with Crippen molar-refractivity contribution >= 4 is 23.3 Å². The number of ether oxygens (including phenoxy) is 3. The van der Waals surface area contributed by atoms with Crippen molar-refractivity contribution in [2.45, 2.75) is 18.9 Å². The molecule has 150 valence electrons. The minimum absolute atomic E-state index is 0.330. The molecule has 2 aromatic heterocycles. The molecular weight excluding hydrogens is 364 g/mol. The Morgan fingerprint density at radius 1 is 1.04 bits per heavy atom. The van der Waals surface area contributed by atoms with E-state index in [1.165, 1.54) is 32.7 Å². The molecule has 0 spiro atoms. The van der Waals surface area contributed by atoms with Crippen LogP contribution in [0.4, 0.5) is 11.4 Å². The molecule has 0 atom stereocenters. The van der Waals surface area contributed by atoms with E-state index in [9.17, 15) is 9.59 Å². The standard InChI is InChI=1S/C12H16N2O3.C7H8N2O2/c1-16-12(15)10-2-5-13-8-11(10)14-9-3-6-17-7-4-9;1-11-7(10)5-2-3-9-4-6(5)8/h2,5,8-9,14H,3-4,6-7H2,1H3;2-4H,8H2,1H3. The Bertz CT molecular complexity index is 793. The van der Waals surface area contributed by atoms with Crippen molar-refractivity contribution < 1.29 is 23.8 Å². The van der Waals surface area contributed by atoms with Gasteiger partial charge < -0.3 is 25.3 Å². The van der Waals surface area contributed by atoms with Gasteiger partial charge in [-0.1, -0.05) is 0 Å². The highest BCUT2D eigenvalue weighted by molar-refractivity contribution is 5.95. The highest BCUT2D eigenvalue weighted by Gasteiger charge is 2.17. The number of anilines is 2. The average molecular weight is 388 g/mol. The van der Waals surface area contributed by atoms with E-state index in [1.54, 1.807) is 18.5 Å². The fourth-order valence-electron chi connectivity index (χ4n) is 2.56. The molecule has 0 saturated carbocycles. The van der Waals surface area contributed by atoms with Crippen molar-refractivity contribution in [3.05, 3.63) is 48.0 Å². The molecule has 1 saturated heterocycles. The first kappa shape index (κ1) is 21.1. The number of carbonyl (C=O) groups is 2. The number of hydrogen-bond acceptors (Lipinski definition) is 9. The third kappa shape index (κ3) is 5.92. The Labute approximate surface area is 163 Å². The number of nitrogens with one attached hydrogen (secondary N) is 1. The zero-order chi connectivity index (χ0) is 20.4. The topological polar surface area (TPSA) is 126 Å². The van der Waals surface area contributed by atoms with Gasteiger partial charge in [0.05, 0.1) is 49.1 Å². The van der Waals surface area contributed by atoms with Crippen LogP contribution >= 0.6 is 0 Å². The number of nitrogens with zero attached hydrogens (tertiary/aromatic N) is 2. The number of hydrogen-bond donors (Lipinski definition) is 2. The molecule has 3 N–H and O–H groups in total. The molecule has 0 aliphatic carbocycles. The smallest absolute Gasteiger partial charge is 0.340 e. The highest BCUT2D eigenvalue weighted by Crippen LogP contribution is 2.19. The fourth-order valence-corrected chi connectivity index (χ4v) is 2.56. The van der Waals surface area contributed by atoms with E-state index in [0.717, 1.165) is 31.7 Å². The van der Waals surface area contributed by atoms with E-state index in [4.69, 9.17) is 15.2 Å². The number of methoxy groups -OCH3 is 2. The molecular formula is C19H24N4O5. The number of nitrogen functional groups attached to an aromatic ring is 1. The van der Waals surface area contributed by atoms with Crippen molar-refractivity contribution in [1.29, 1.82) is 0 Å². The molecule has 1 fully saturated rings. The first-order chi connectivity index (χ1) is 13.6. The summed E-state index contributed by atoms with van der Waals surface area (Å²) in [5, 5.41) is 3.32. The monoisotopic (exact) mass is 388 g/mol. The van der Waals surface area contributed by atoms with Gasteiger partial charge in [0.1, 0.15) is 0 Å². The van der Waals surface area contributed by atoms with Gasteiger partial charge in [-0.15, -0.1) is 0 Å². The van der Waals surface area contributed by atoms with Gasteiger partial charge in [0.15, 0.2) is 0 Å². The third-order valence-electron chi connectivity index (χ3n) is 4.06. The molecule has 0 amide bonds. The Morgan fingerprint density at radius 2 is 1.61 bits per heavy atom. The largest absolute Gasteiger partial charge is 0.465 e. The van der Waals surface area contributed by atoms with Gasteiger partial charge in [0.25, 0.3) is 0 Å². The molecule has 3 heterocycles. The van der Waals surface area contributed by atoms with Crippen molar-refractivity contribution in [1.82, 2.24) is 9.97 Å². The molecule has 28 heavy (non-hydrogen) atoms. The summed E-state index contributed by atoms with van der Waals surface area (Å²) in [7, 11) is 2.68. The van der Waals surface area contributed by atoms with Crippen LogP contribution in [0.2, 0.25) is 0 Å². The van der Waals surface area contributed by atoms with Crippen LogP contribution in [-0.2, 0) is 14.2 Å². The van der Waals surface area contributed by atoms with Crippen LogP contribution in [0.5, 0.6) is 0 Å². The summed E-state index contributed by atoms with van der Waals surface area (Å²) >= 11 is 0. The molecule has 0 aromatic carbocycles. The summed E-state index contributed by atoms with van der Waals surface area (Å²) in [6.07, 6.45) is 8.02. The Hall–Kier alpha value is -3.20. The summed E-state index contributed by atoms with van der Waals surface area (Å²) in [6.45, 7) is 1.51. The van der Waals surface area contributed by atoms with Crippen molar-refractivity contribution in [2.24, 2.45) is 0 Å². The summed E-state index contributed by atoms with van der Waals surface area (Å²) in [5.74, 6) is -0.785. The quantitative estimate of drug-likeness (QED) is 0.755. The molecule has 9 heteroatoms. The predicted octanol–water partition coefficient (Wildman–Crippen LogP) is 1.91. The third-order valence-corrected chi connectivity index (χ3v) is 4.06. The minimum Gasteiger partial charge on any atom is -0.465 e. The van der Waals surface area contributed by atoms with Crippen LogP contribution in [0, 0.1) is 0 Å². The van der Waals surface area contributed by atoms with Crippen molar-refractivity contribution in [3.63, 3.8) is 0 Å². The van der Waals surface area contributed by atoms with Crippen LogP contribution in [-0.4, -0.2) is 55.4 Å². The predicted molar refractivity (Wildman–Crippen MR) is 103 cm³/mol. The normalized spacial score (nSPS) is 13.6. The number of esters is 2. The van der Waals surface area contributed by atoms with E-state index in [-0.39, 0.29) is 5.97 Å². The maximum atomic E-state index is 11.6. The molecule has 0 unspecified atom stereocenters. The zero-order valence-corrected chi connectivity index (χ0v) is 15.9. The first-order valence-corrected chi connectivity index (χ1v) is 8.71. The van der Waals surface area contributed by atoms with Gasteiger partial charge in [-0.25, -0.2) is 9.59 Å². The second-order valence-electron chi connectivity index (χ2n) is 5.90. The van der Waals surface area contributed by atoms with Crippen LogP contribution in [0.25, 0.3) is 0 Å². The van der Waals surface area contributed by atoms with E-state index in [2.05, 4.69) is 20.0 Å². The first-order valence-electron chi connectivity index (χ1n) is 8.71. The van der Waals surface area contributed by atoms with Crippen LogP contribution in [0.1, 0.15) is 33.6 Å². The number of rotatable bonds is 4. The molecule has 0 bridgehead atoms. The summed E-state index contributed by atoms with van der Waals surface area (Å²) < 4.78 is 14.5. The Kier molecular flexibility index (Phi) is 8.16. The molecule has 9 nitrogen and oxygen atoms in total. The van der Waals surface area contributed by atoms with E-state index >= 15 is 0 Å². The molecule has 2 aromatic rings. The molecule has 0 radical (unpaired) electrons. The number of carbonyl (C=O) groups excluding carboxylic acids is 2. The lowest BCUT2D eigenvalue weighted by Crippen LogP contribution is -2.28. The number of nitrogens with two attached hydrogens (primary N) is 1. The lowest BCUT2D eigenvalue weighted by Gasteiger charge is -2.24. The number of aromatic nitrogens is 2. The van der Waals surface area contributed by atoms with E-state index in [0.29, 0.717) is 22.9 Å². The van der Waals surface area contributed by atoms with Gasteiger partial charge in [0, 0.05) is 31.6 Å². The second-order valence-corrected chi connectivity index (χ2v) is 5.90. The molecule has 1 aliphatic heterocycles. The van der Waals surface area contributed by atoms with Gasteiger partial charge in [-0.2, -0.15) is 0 Å². The fraction of sp³-hybridized carbons (Fsp3) is 0.368. The van der Waals surface area contributed by atoms with Gasteiger partial charge in [0.2, 0.25) is 0 Å².